The molecule has 2 nitrogen and oxygen atoms in total. The highest BCUT2D eigenvalue weighted by Crippen LogP contribution is 2.25. The van der Waals surface area contributed by atoms with Gasteiger partial charge in [0.05, 0.1) is 10.0 Å². The molecule has 92 valence electrons. The van der Waals surface area contributed by atoms with E-state index in [2.05, 4.69) is 21.2 Å². The first-order valence-electron chi connectivity index (χ1n) is 5.49. The van der Waals surface area contributed by atoms with Gasteiger partial charge in [-0.05, 0) is 47.4 Å². The van der Waals surface area contributed by atoms with E-state index in [0.717, 1.165) is 19.0 Å². The summed E-state index contributed by atoms with van der Waals surface area (Å²) in [4.78, 5) is 12.1. The largest absolute Gasteiger partial charge is 0.316 e. The van der Waals surface area contributed by atoms with Gasteiger partial charge in [0.25, 0.3) is 0 Å². The van der Waals surface area contributed by atoms with Gasteiger partial charge in [0, 0.05) is 12.5 Å². The fraction of sp³-hybridized carbons (Fsp3) is 0.417. The summed E-state index contributed by atoms with van der Waals surface area (Å²) in [5, 5.41) is 3.06. The molecule has 1 saturated heterocycles. The molecule has 1 aromatic carbocycles. The Morgan fingerprint density at radius 3 is 2.82 bits per heavy atom. The lowest BCUT2D eigenvalue weighted by Crippen LogP contribution is -2.35. The summed E-state index contributed by atoms with van der Waals surface area (Å²) >= 11 is 2.96. The zero-order valence-electron chi connectivity index (χ0n) is 9.10. The van der Waals surface area contributed by atoms with Crippen molar-refractivity contribution in [3.63, 3.8) is 0 Å². The van der Waals surface area contributed by atoms with Gasteiger partial charge in [0.2, 0.25) is 0 Å². The fourth-order valence-electron chi connectivity index (χ4n) is 2.03. The van der Waals surface area contributed by atoms with Crippen molar-refractivity contribution in [1.82, 2.24) is 5.32 Å². The van der Waals surface area contributed by atoms with E-state index in [-0.39, 0.29) is 10.4 Å². The maximum atomic E-state index is 13.7. The van der Waals surface area contributed by atoms with Crippen molar-refractivity contribution in [2.75, 3.05) is 13.1 Å². The minimum Gasteiger partial charge on any atom is -0.316 e. The van der Waals surface area contributed by atoms with Crippen LogP contribution in [0.5, 0.6) is 0 Å². The van der Waals surface area contributed by atoms with Gasteiger partial charge in [-0.15, -0.1) is 0 Å². The molecule has 0 amide bonds. The van der Waals surface area contributed by atoms with Crippen molar-refractivity contribution < 1.29 is 13.6 Å². The monoisotopic (exact) mass is 303 g/mol. The van der Waals surface area contributed by atoms with E-state index >= 15 is 0 Å². The average molecular weight is 304 g/mol. The molecule has 0 aliphatic carbocycles. The number of nitrogens with one attached hydrogen (secondary N) is 1. The molecule has 1 fully saturated rings. The Kier molecular flexibility index (Phi) is 3.89. The molecule has 0 aromatic heterocycles. The second-order valence-electron chi connectivity index (χ2n) is 4.13. The summed E-state index contributed by atoms with van der Waals surface area (Å²) in [6.45, 7) is 1.34. The number of benzene rings is 1. The fourth-order valence-corrected chi connectivity index (χ4v) is 2.36. The van der Waals surface area contributed by atoms with E-state index in [1.807, 2.05) is 0 Å². The van der Waals surface area contributed by atoms with Gasteiger partial charge in [-0.1, -0.05) is 0 Å². The summed E-state index contributed by atoms with van der Waals surface area (Å²) in [7, 11) is 0. The van der Waals surface area contributed by atoms with Crippen LogP contribution in [-0.2, 0) is 0 Å². The number of hydrogen-bond donors (Lipinski definition) is 1. The van der Waals surface area contributed by atoms with Crippen LogP contribution in [0.2, 0.25) is 0 Å². The first kappa shape index (κ1) is 12.6. The Balaban J connectivity index is 2.32. The van der Waals surface area contributed by atoms with E-state index in [4.69, 9.17) is 0 Å². The van der Waals surface area contributed by atoms with Crippen LogP contribution in [-0.4, -0.2) is 18.9 Å². The Bertz CT molecular complexity index is 444. The van der Waals surface area contributed by atoms with Gasteiger partial charge in [-0.25, -0.2) is 8.78 Å². The minimum atomic E-state index is -0.805. The van der Waals surface area contributed by atoms with Crippen molar-refractivity contribution in [2.24, 2.45) is 5.92 Å². The number of ketones is 1. The third-order valence-electron chi connectivity index (χ3n) is 2.96. The first-order chi connectivity index (χ1) is 8.11. The summed E-state index contributed by atoms with van der Waals surface area (Å²) in [5.41, 5.74) is -0.423. The zero-order valence-corrected chi connectivity index (χ0v) is 10.7. The molecule has 2 rings (SSSR count). The number of hydrogen-bond acceptors (Lipinski definition) is 2. The maximum absolute atomic E-state index is 13.7. The first-order valence-corrected chi connectivity index (χ1v) is 6.29. The third kappa shape index (κ3) is 2.55. The summed E-state index contributed by atoms with van der Waals surface area (Å²) in [6, 6.07) is 2.37. The second kappa shape index (κ2) is 5.23. The summed E-state index contributed by atoms with van der Waals surface area (Å²) in [6.07, 6.45) is 1.53. The molecule has 1 aromatic rings. The smallest absolute Gasteiger partial charge is 0.173 e. The van der Waals surface area contributed by atoms with Crippen molar-refractivity contribution in [1.29, 1.82) is 0 Å². The highest BCUT2D eigenvalue weighted by Gasteiger charge is 2.27. The molecule has 1 atom stereocenters. The molecule has 0 saturated carbocycles. The third-order valence-corrected chi connectivity index (χ3v) is 3.57. The molecule has 1 heterocycles. The minimum absolute atomic E-state index is 0.117. The Morgan fingerprint density at radius 1 is 1.41 bits per heavy atom. The molecule has 1 N–H and O–H groups in total. The van der Waals surface area contributed by atoms with Crippen LogP contribution in [0.4, 0.5) is 8.78 Å². The number of carbonyl (C=O) groups excluding carboxylic acids is 1. The van der Waals surface area contributed by atoms with E-state index in [1.165, 1.54) is 6.07 Å². The quantitative estimate of drug-likeness (QED) is 0.672. The highest BCUT2D eigenvalue weighted by molar-refractivity contribution is 9.10. The molecule has 0 radical (unpaired) electrons. The lowest BCUT2D eigenvalue weighted by atomic mass is 9.90. The SMILES string of the molecule is O=C(c1c(F)ccc(Br)c1F)C1CCCNC1. The Morgan fingerprint density at radius 2 is 2.18 bits per heavy atom. The molecule has 0 bridgehead atoms. The second-order valence-corrected chi connectivity index (χ2v) is 4.98. The summed E-state index contributed by atoms with van der Waals surface area (Å²) < 4.78 is 27.4. The molecular formula is C12H12BrF2NO. The number of piperidine rings is 1. The van der Waals surface area contributed by atoms with Gasteiger partial charge >= 0.3 is 0 Å². The van der Waals surface area contributed by atoms with Crippen molar-refractivity contribution in [3.8, 4) is 0 Å². The van der Waals surface area contributed by atoms with Crippen LogP contribution in [0.15, 0.2) is 16.6 Å². The van der Waals surface area contributed by atoms with E-state index in [9.17, 15) is 13.6 Å². The Labute approximate surface area is 107 Å². The van der Waals surface area contributed by atoms with Gasteiger partial charge in [0.15, 0.2) is 11.6 Å². The van der Waals surface area contributed by atoms with Crippen molar-refractivity contribution >= 4 is 21.7 Å². The molecule has 17 heavy (non-hydrogen) atoms. The number of Topliss-reactive ketones (excluding diaryl/α,β-unsaturated/α-hetero) is 1. The van der Waals surface area contributed by atoms with Crippen LogP contribution >= 0.6 is 15.9 Å². The van der Waals surface area contributed by atoms with E-state index < -0.39 is 23.0 Å². The average Bonchev–Trinajstić information content (AvgIpc) is 2.35. The predicted molar refractivity (Wildman–Crippen MR) is 64.0 cm³/mol. The van der Waals surface area contributed by atoms with Crippen molar-refractivity contribution in [3.05, 3.63) is 33.8 Å². The Hall–Kier alpha value is -0.810. The highest BCUT2D eigenvalue weighted by atomic mass is 79.9. The van der Waals surface area contributed by atoms with Gasteiger partial charge in [-0.3, -0.25) is 4.79 Å². The lowest BCUT2D eigenvalue weighted by molar-refractivity contribution is 0.0890. The number of rotatable bonds is 2. The van der Waals surface area contributed by atoms with Gasteiger partial charge in [-0.2, -0.15) is 0 Å². The van der Waals surface area contributed by atoms with Crippen LogP contribution in [0.1, 0.15) is 23.2 Å². The van der Waals surface area contributed by atoms with Crippen LogP contribution in [0, 0.1) is 17.6 Å². The van der Waals surface area contributed by atoms with Crippen molar-refractivity contribution in [2.45, 2.75) is 12.8 Å². The zero-order chi connectivity index (χ0) is 12.4. The van der Waals surface area contributed by atoms with E-state index in [1.54, 1.807) is 0 Å². The molecular weight excluding hydrogens is 292 g/mol. The van der Waals surface area contributed by atoms with Crippen LogP contribution in [0.3, 0.4) is 0 Å². The maximum Gasteiger partial charge on any atom is 0.173 e. The van der Waals surface area contributed by atoms with E-state index in [0.29, 0.717) is 13.0 Å². The van der Waals surface area contributed by atoms with Crippen LogP contribution < -0.4 is 5.32 Å². The summed E-state index contributed by atoms with van der Waals surface area (Å²) in [5.74, 6) is -2.38. The molecule has 5 heteroatoms. The van der Waals surface area contributed by atoms with Gasteiger partial charge < -0.3 is 5.32 Å². The van der Waals surface area contributed by atoms with Gasteiger partial charge in [0.1, 0.15) is 5.82 Å². The molecule has 1 aliphatic rings. The molecule has 1 unspecified atom stereocenters. The lowest BCUT2D eigenvalue weighted by Gasteiger charge is -2.22. The number of halogens is 3. The topological polar surface area (TPSA) is 29.1 Å². The predicted octanol–water partition coefficient (Wildman–Crippen LogP) is 2.91. The van der Waals surface area contributed by atoms with Crippen LogP contribution in [0.25, 0.3) is 0 Å². The molecule has 1 aliphatic heterocycles. The normalized spacial score (nSPS) is 20.3. The number of carbonyl (C=O) groups is 1. The standard InChI is InChI=1S/C12H12BrF2NO/c13-8-3-4-9(14)10(11(8)15)12(17)7-2-1-5-16-6-7/h3-4,7,16H,1-2,5-6H2. The molecule has 0 spiro atoms.